The number of aromatic hydroxyl groups is 1. The molecule has 1 aromatic carbocycles. The van der Waals surface area contributed by atoms with Crippen LogP contribution in [0.25, 0.3) is 0 Å². The smallest absolute Gasteiger partial charge is 0.304 e. The molecule has 2 N–H and O–H groups in total. The molecule has 0 unspecified atom stereocenters. The number of carboxylic acids is 1. The highest BCUT2D eigenvalue weighted by atomic mass is 79.9. The Hall–Kier alpha value is -1.03. The minimum Gasteiger partial charge on any atom is -0.508 e. The Morgan fingerprint density at radius 3 is 2.67 bits per heavy atom. The Labute approximate surface area is 95.9 Å². The molecule has 2 rings (SSSR count). The average Bonchev–Trinajstić information content (AvgIpc) is 2.89. The summed E-state index contributed by atoms with van der Waals surface area (Å²) < 4.78 is 0.874. The minimum absolute atomic E-state index is 0.134. The summed E-state index contributed by atoms with van der Waals surface area (Å²) in [4.78, 5) is 10.7. The second-order valence-electron chi connectivity index (χ2n) is 4.01. The van der Waals surface area contributed by atoms with Crippen LogP contribution in [-0.2, 0) is 10.2 Å². The predicted molar refractivity (Wildman–Crippen MR) is 59.0 cm³/mol. The maximum atomic E-state index is 10.7. The Kier molecular flexibility index (Phi) is 2.46. The van der Waals surface area contributed by atoms with Gasteiger partial charge in [0.1, 0.15) is 5.75 Å². The number of phenolic OH excluding ortho intramolecular Hbond substituents is 1. The van der Waals surface area contributed by atoms with E-state index in [2.05, 4.69) is 15.9 Å². The van der Waals surface area contributed by atoms with E-state index in [0.29, 0.717) is 0 Å². The van der Waals surface area contributed by atoms with Gasteiger partial charge >= 0.3 is 5.97 Å². The topological polar surface area (TPSA) is 57.5 Å². The van der Waals surface area contributed by atoms with Crippen LogP contribution in [0.4, 0.5) is 0 Å². The molecule has 0 aromatic heterocycles. The number of halogens is 1. The Morgan fingerprint density at radius 1 is 1.47 bits per heavy atom. The van der Waals surface area contributed by atoms with Gasteiger partial charge in [-0.15, -0.1) is 0 Å². The van der Waals surface area contributed by atoms with Crippen molar-refractivity contribution in [3.8, 4) is 5.75 Å². The number of hydrogen-bond acceptors (Lipinski definition) is 2. The first kappa shape index (κ1) is 10.5. The van der Waals surface area contributed by atoms with E-state index in [1.807, 2.05) is 0 Å². The number of carbonyl (C=O) groups is 1. The summed E-state index contributed by atoms with van der Waals surface area (Å²) in [5.74, 6) is -0.604. The van der Waals surface area contributed by atoms with Crippen molar-refractivity contribution < 1.29 is 15.0 Å². The third kappa shape index (κ3) is 2.00. The number of carboxylic acid groups (broad SMARTS) is 1. The standard InChI is InChI=1S/C11H11BrO3/c12-9-2-1-7(13)5-8(9)11(3-4-11)6-10(14)15/h1-2,5,13H,3-4,6H2,(H,14,15). The number of aliphatic carboxylic acids is 1. The predicted octanol–water partition coefficient (Wildman–Crippen LogP) is 2.66. The van der Waals surface area contributed by atoms with Crippen LogP contribution in [0.15, 0.2) is 22.7 Å². The van der Waals surface area contributed by atoms with E-state index in [1.165, 1.54) is 0 Å². The summed E-state index contributed by atoms with van der Waals surface area (Å²) in [6.07, 6.45) is 1.89. The van der Waals surface area contributed by atoms with Gasteiger partial charge in [-0.05, 0) is 36.6 Å². The molecule has 1 saturated carbocycles. The van der Waals surface area contributed by atoms with E-state index in [-0.39, 0.29) is 17.6 Å². The normalized spacial score (nSPS) is 17.4. The van der Waals surface area contributed by atoms with Crippen LogP contribution in [0, 0.1) is 0 Å². The molecule has 3 nitrogen and oxygen atoms in total. The number of hydrogen-bond donors (Lipinski definition) is 2. The second-order valence-corrected chi connectivity index (χ2v) is 4.87. The monoisotopic (exact) mass is 270 g/mol. The fourth-order valence-electron chi connectivity index (χ4n) is 1.90. The van der Waals surface area contributed by atoms with Crippen LogP contribution in [-0.4, -0.2) is 16.2 Å². The van der Waals surface area contributed by atoms with Gasteiger partial charge in [-0.2, -0.15) is 0 Å². The van der Waals surface area contributed by atoms with E-state index >= 15 is 0 Å². The average molecular weight is 271 g/mol. The number of benzene rings is 1. The molecule has 0 atom stereocenters. The van der Waals surface area contributed by atoms with Gasteiger partial charge in [0.15, 0.2) is 0 Å². The molecule has 0 bridgehead atoms. The highest BCUT2D eigenvalue weighted by Crippen LogP contribution is 2.53. The summed E-state index contributed by atoms with van der Waals surface area (Å²) in [6.45, 7) is 0. The molecular weight excluding hydrogens is 260 g/mol. The number of phenols is 1. The van der Waals surface area contributed by atoms with Crippen LogP contribution in [0.3, 0.4) is 0 Å². The van der Waals surface area contributed by atoms with Crippen molar-refractivity contribution >= 4 is 21.9 Å². The van der Waals surface area contributed by atoms with Crippen LogP contribution < -0.4 is 0 Å². The zero-order chi connectivity index (χ0) is 11.1. The quantitative estimate of drug-likeness (QED) is 0.888. The maximum absolute atomic E-state index is 10.7. The van der Waals surface area contributed by atoms with E-state index < -0.39 is 5.97 Å². The molecule has 1 fully saturated rings. The van der Waals surface area contributed by atoms with Crippen molar-refractivity contribution in [2.75, 3.05) is 0 Å². The van der Waals surface area contributed by atoms with Gasteiger partial charge in [-0.3, -0.25) is 4.79 Å². The molecule has 80 valence electrons. The molecule has 0 aliphatic heterocycles. The van der Waals surface area contributed by atoms with Crippen molar-refractivity contribution in [1.29, 1.82) is 0 Å². The van der Waals surface area contributed by atoms with Gasteiger partial charge in [0.2, 0.25) is 0 Å². The van der Waals surface area contributed by atoms with Crippen LogP contribution in [0.2, 0.25) is 0 Å². The molecule has 0 radical (unpaired) electrons. The van der Waals surface area contributed by atoms with Crippen molar-refractivity contribution in [1.82, 2.24) is 0 Å². The summed E-state index contributed by atoms with van der Waals surface area (Å²) in [6, 6.07) is 5.00. The first-order valence-electron chi connectivity index (χ1n) is 4.74. The van der Waals surface area contributed by atoms with E-state index in [9.17, 15) is 9.90 Å². The summed E-state index contributed by atoms with van der Waals surface area (Å²) in [5.41, 5.74) is 0.647. The molecule has 1 aromatic rings. The summed E-state index contributed by atoms with van der Waals surface area (Å²) in [7, 11) is 0. The molecule has 0 heterocycles. The van der Waals surface area contributed by atoms with Gasteiger partial charge in [0.25, 0.3) is 0 Å². The first-order chi connectivity index (χ1) is 7.03. The highest BCUT2D eigenvalue weighted by molar-refractivity contribution is 9.10. The maximum Gasteiger partial charge on any atom is 0.304 e. The highest BCUT2D eigenvalue weighted by Gasteiger charge is 2.47. The van der Waals surface area contributed by atoms with Gasteiger partial charge in [0, 0.05) is 9.89 Å². The first-order valence-corrected chi connectivity index (χ1v) is 5.54. The minimum atomic E-state index is -0.789. The molecule has 1 aliphatic rings. The second kappa shape index (κ2) is 3.52. The fourth-order valence-corrected chi connectivity index (χ4v) is 2.57. The van der Waals surface area contributed by atoms with Crippen LogP contribution >= 0.6 is 15.9 Å². The van der Waals surface area contributed by atoms with Gasteiger partial charge in [-0.1, -0.05) is 15.9 Å². The third-order valence-electron chi connectivity index (χ3n) is 2.86. The van der Waals surface area contributed by atoms with Gasteiger partial charge in [-0.25, -0.2) is 0 Å². The molecule has 0 spiro atoms. The lowest BCUT2D eigenvalue weighted by atomic mass is 9.92. The van der Waals surface area contributed by atoms with Gasteiger partial charge < -0.3 is 10.2 Å². The van der Waals surface area contributed by atoms with Crippen molar-refractivity contribution in [3.63, 3.8) is 0 Å². The molecular formula is C11H11BrO3. The molecule has 1 aliphatic carbocycles. The largest absolute Gasteiger partial charge is 0.508 e. The van der Waals surface area contributed by atoms with Gasteiger partial charge in [0.05, 0.1) is 6.42 Å². The molecule has 4 heteroatoms. The lowest BCUT2D eigenvalue weighted by molar-refractivity contribution is -0.137. The van der Waals surface area contributed by atoms with Crippen LogP contribution in [0.5, 0.6) is 5.75 Å². The van der Waals surface area contributed by atoms with Crippen LogP contribution in [0.1, 0.15) is 24.8 Å². The third-order valence-corrected chi connectivity index (χ3v) is 3.56. The van der Waals surface area contributed by atoms with Crippen molar-refractivity contribution in [2.45, 2.75) is 24.7 Å². The lowest BCUT2D eigenvalue weighted by Crippen LogP contribution is -2.13. The molecule has 0 amide bonds. The zero-order valence-electron chi connectivity index (χ0n) is 8.03. The summed E-state index contributed by atoms with van der Waals surface area (Å²) >= 11 is 3.39. The van der Waals surface area contributed by atoms with Crippen molar-refractivity contribution in [2.24, 2.45) is 0 Å². The Balaban J connectivity index is 2.36. The zero-order valence-corrected chi connectivity index (χ0v) is 9.62. The van der Waals surface area contributed by atoms with E-state index in [0.717, 1.165) is 22.9 Å². The Morgan fingerprint density at radius 2 is 2.13 bits per heavy atom. The number of rotatable bonds is 3. The molecule has 0 saturated heterocycles. The lowest BCUT2D eigenvalue weighted by Gasteiger charge is -2.15. The Bertz CT molecular complexity index is 410. The van der Waals surface area contributed by atoms with E-state index in [4.69, 9.17) is 5.11 Å². The summed E-state index contributed by atoms with van der Waals surface area (Å²) in [5, 5.41) is 18.2. The van der Waals surface area contributed by atoms with Crippen molar-refractivity contribution in [3.05, 3.63) is 28.2 Å². The SMILES string of the molecule is O=C(O)CC1(c2cc(O)ccc2Br)CC1. The fraction of sp³-hybridized carbons (Fsp3) is 0.364. The molecule has 15 heavy (non-hydrogen) atoms. The van der Waals surface area contributed by atoms with E-state index in [1.54, 1.807) is 18.2 Å².